The zero-order chi connectivity index (χ0) is 28.2. The monoisotopic (exact) mass is 1050 g/mol. The summed E-state index contributed by atoms with van der Waals surface area (Å²) in [6.07, 6.45) is 7.11. The Hall–Kier alpha value is -1.66. The first kappa shape index (κ1) is 46.5. The van der Waals surface area contributed by atoms with Gasteiger partial charge in [-0.05, 0) is 145 Å². The van der Waals surface area contributed by atoms with Crippen LogP contribution in [0, 0.1) is 34.6 Å². The van der Waals surface area contributed by atoms with Crippen molar-refractivity contribution in [2.45, 2.75) is 34.6 Å². The van der Waals surface area contributed by atoms with E-state index in [1.807, 2.05) is 48.5 Å². The van der Waals surface area contributed by atoms with Crippen LogP contribution >= 0.6 is 0 Å². The van der Waals surface area contributed by atoms with Crippen LogP contribution in [0.4, 0.5) is 11.4 Å². The molecule has 1 N–H and O–H groups in total. The number of nitrogens with zero attached hydrogens (tertiary/aromatic N) is 4. The molecule has 5 aromatic rings. The smallest absolute Gasteiger partial charge is 1.00 e. The first-order valence-electron chi connectivity index (χ1n) is 13.3. The number of aromatic hydroxyl groups is 1. The van der Waals surface area contributed by atoms with Crippen molar-refractivity contribution < 1.29 is 114 Å². The second kappa shape index (κ2) is 21.3. The first-order valence-corrected chi connectivity index (χ1v) is 13.3. The molecule has 0 aliphatic carbocycles. The number of rotatable bonds is 6. The topological polar surface area (TPSA) is 70.7 Å². The van der Waals surface area contributed by atoms with E-state index in [1.54, 1.807) is 24.8 Å². The largest absolute Gasteiger partial charge is 2.00 e. The fourth-order valence-corrected chi connectivity index (χ4v) is 5.09. The van der Waals surface area contributed by atoms with Gasteiger partial charge in [0.1, 0.15) is 5.75 Å². The predicted molar refractivity (Wildman–Crippen MR) is 166 cm³/mol. The molecule has 0 unspecified atom stereocenters. The minimum Gasteiger partial charge on any atom is -1.00 e. The number of pyridine rings is 2. The minimum absolute atomic E-state index is 0. The summed E-state index contributed by atoms with van der Waals surface area (Å²) in [5, 5.41) is 10.8. The van der Waals surface area contributed by atoms with Crippen LogP contribution in [-0.4, -0.2) is 27.5 Å². The van der Waals surface area contributed by atoms with E-state index < -0.39 is 0 Å². The van der Waals surface area contributed by atoms with Gasteiger partial charge in [-0.15, -0.1) is 0 Å². The number of phenolic OH excluding ortho intramolecular Hbond substituents is 1. The van der Waals surface area contributed by atoms with E-state index in [4.69, 9.17) is 9.98 Å². The van der Waals surface area contributed by atoms with Crippen LogP contribution in [0.3, 0.4) is 0 Å². The Labute approximate surface area is 341 Å². The van der Waals surface area contributed by atoms with E-state index in [0.717, 1.165) is 72.8 Å². The molecule has 0 saturated heterocycles. The summed E-state index contributed by atoms with van der Waals surface area (Å²) in [4.78, 5) is 18.1. The standard InChI is InChI=1S/C35H32N4O.4BrH.2Pd/c1-22-14-27(15-23(2)34(22)38-20-29-10-6-8-12-36-29)32-18-31(40)19-33(26(32)5)28-16-24(3)35(25(4)17-28)39-21-30-11-7-9-13-37-30;;;;;;/h6-21,40H,1-5H3;4*1H;;/q;;;;;2*+2/p-4. The normalized spacial score (nSPS) is 10.0. The van der Waals surface area contributed by atoms with Gasteiger partial charge in [0.05, 0.1) is 35.2 Å². The van der Waals surface area contributed by atoms with Crippen molar-refractivity contribution in [2.24, 2.45) is 9.98 Å². The van der Waals surface area contributed by atoms with Crippen molar-refractivity contribution >= 4 is 23.8 Å². The van der Waals surface area contributed by atoms with E-state index in [2.05, 4.69) is 68.9 Å². The molecule has 2 aromatic heterocycles. The van der Waals surface area contributed by atoms with Crippen LogP contribution in [-0.2, 0) is 40.8 Å². The van der Waals surface area contributed by atoms with E-state index in [9.17, 15) is 5.11 Å². The van der Waals surface area contributed by atoms with Gasteiger partial charge in [-0.25, -0.2) is 0 Å². The van der Waals surface area contributed by atoms with Crippen LogP contribution in [0.5, 0.6) is 5.75 Å². The summed E-state index contributed by atoms with van der Waals surface area (Å²) in [6, 6.07) is 23.8. The van der Waals surface area contributed by atoms with Crippen LogP contribution in [0.25, 0.3) is 22.3 Å². The van der Waals surface area contributed by atoms with Gasteiger partial charge in [-0.2, -0.15) is 0 Å². The van der Waals surface area contributed by atoms with E-state index in [1.165, 1.54) is 0 Å². The second-order valence-electron chi connectivity index (χ2n) is 10.1. The van der Waals surface area contributed by atoms with E-state index >= 15 is 0 Å². The number of benzene rings is 3. The van der Waals surface area contributed by atoms with Crippen molar-refractivity contribution in [3.63, 3.8) is 0 Å². The third kappa shape index (κ3) is 11.2. The molecule has 0 atom stereocenters. The van der Waals surface area contributed by atoms with Crippen LogP contribution in [0.1, 0.15) is 39.2 Å². The van der Waals surface area contributed by atoms with Gasteiger partial charge in [0.25, 0.3) is 0 Å². The van der Waals surface area contributed by atoms with Gasteiger partial charge in [0.2, 0.25) is 0 Å². The Morgan fingerprint density at radius 3 is 1.20 bits per heavy atom. The minimum atomic E-state index is 0. The summed E-state index contributed by atoms with van der Waals surface area (Å²) >= 11 is 0. The molecule has 0 spiro atoms. The van der Waals surface area contributed by atoms with Crippen molar-refractivity contribution in [3.05, 3.63) is 124 Å². The molecule has 2 heterocycles. The molecule has 0 fully saturated rings. The van der Waals surface area contributed by atoms with Gasteiger partial charge in [-0.3, -0.25) is 20.0 Å². The second-order valence-corrected chi connectivity index (χ2v) is 10.1. The predicted octanol–water partition coefficient (Wildman–Crippen LogP) is -3.43. The van der Waals surface area contributed by atoms with Gasteiger partial charge < -0.3 is 73.0 Å². The molecule has 5 nitrogen and oxygen atoms in total. The zero-order valence-corrected chi connectivity index (χ0v) is 35.1. The van der Waals surface area contributed by atoms with Gasteiger partial charge >= 0.3 is 40.8 Å². The van der Waals surface area contributed by atoms with Gasteiger partial charge in [0.15, 0.2) is 0 Å². The molecule has 0 bridgehead atoms. The van der Waals surface area contributed by atoms with E-state index in [0.29, 0.717) is 0 Å². The third-order valence-corrected chi connectivity index (χ3v) is 7.02. The van der Waals surface area contributed by atoms with Crippen LogP contribution < -0.4 is 67.9 Å². The molecule has 0 radical (unpaired) electrons. The summed E-state index contributed by atoms with van der Waals surface area (Å²) < 4.78 is 0. The molecular formula is C35H32Br4N4OPd2. The van der Waals surface area contributed by atoms with Crippen molar-refractivity contribution in [1.29, 1.82) is 0 Å². The average Bonchev–Trinajstić information content (AvgIpc) is 2.94. The molecule has 5 rings (SSSR count). The maximum absolute atomic E-state index is 10.8. The Balaban J connectivity index is 0. The number of hydrogen-bond acceptors (Lipinski definition) is 5. The molecule has 3 aromatic carbocycles. The fourth-order valence-electron chi connectivity index (χ4n) is 5.09. The molecule has 0 aliphatic rings. The summed E-state index contributed by atoms with van der Waals surface area (Å²) in [6.45, 7) is 10.4. The molecule has 246 valence electrons. The SMILES string of the molecule is Cc1cc(-c2cc(O)cc(-c3cc(C)c(N=Cc4ccccn4)c(C)c3)c2C)cc(C)c1N=Cc1ccccn1.[Br-].[Br-].[Br-].[Br-].[Pd+2].[Pd+2]. The molecule has 11 heteroatoms. The van der Waals surface area contributed by atoms with Crippen molar-refractivity contribution in [1.82, 2.24) is 9.97 Å². The molecule has 0 amide bonds. The van der Waals surface area contributed by atoms with Crippen LogP contribution in [0.2, 0.25) is 0 Å². The van der Waals surface area contributed by atoms with Crippen molar-refractivity contribution in [3.8, 4) is 28.0 Å². The molecular weight excluding hydrogens is 1020 g/mol. The van der Waals surface area contributed by atoms with Gasteiger partial charge in [-0.1, -0.05) is 12.1 Å². The third-order valence-electron chi connectivity index (χ3n) is 7.02. The maximum atomic E-state index is 10.8. The van der Waals surface area contributed by atoms with Crippen LogP contribution in [0.15, 0.2) is 95.2 Å². The number of halogens is 4. The number of hydrogen-bond donors (Lipinski definition) is 1. The summed E-state index contributed by atoms with van der Waals surface area (Å²) in [5.74, 6) is 0.232. The van der Waals surface area contributed by atoms with Gasteiger partial charge in [0, 0.05) is 12.4 Å². The number of phenols is 1. The van der Waals surface area contributed by atoms with E-state index in [-0.39, 0.29) is 115 Å². The Bertz CT molecular complexity index is 1600. The molecule has 0 aliphatic heterocycles. The molecule has 46 heavy (non-hydrogen) atoms. The zero-order valence-electron chi connectivity index (χ0n) is 25.6. The number of aliphatic imine (C=N–C) groups is 2. The fraction of sp³-hybridized carbons (Fsp3) is 0.143. The Morgan fingerprint density at radius 2 is 0.891 bits per heavy atom. The quantitative estimate of drug-likeness (QED) is 0.143. The maximum Gasteiger partial charge on any atom is 2.00 e. The summed E-state index contributed by atoms with van der Waals surface area (Å²) in [7, 11) is 0. The summed E-state index contributed by atoms with van der Waals surface area (Å²) in [5.41, 5.74) is 12.9. The Kier molecular flexibility index (Phi) is 21.6. The average molecular weight is 1060 g/mol. The van der Waals surface area contributed by atoms with Crippen molar-refractivity contribution in [2.75, 3.05) is 0 Å². The molecule has 0 saturated carbocycles. The first-order chi connectivity index (χ1) is 19.3. The number of aromatic nitrogens is 2. The Morgan fingerprint density at radius 1 is 0.543 bits per heavy atom. The number of aryl methyl sites for hydroxylation is 4.